The first-order valence-electron chi connectivity index (χ1n) is 7.09. The highest BCUT2D eigenvalue weighted by molar-refractivity contribution is 6.33. The van der Waals surface area contributed by atoms with E-state index in [0.717, 1.165) is 0 Å². The minimum Gasteiger partial charge on any atom is -0.369 e. The van der Waals surface area contributed by atoms with Crippen LogP contribution in [0.3, 0.4) is 0 Å². The summed E-state index contributed by atoms with van der Waals surface area (Å²) < 4.78 is 0. The predicted octanol–water partition coefficient (Wildman–Crippen LogP) is 0.780. The van der Waals surface area contributed by atoms with Gasteiger partial charge in [0.25, 0.3) is 11.5 Å². The fourth-order valence-electron chi connectivity index (χ4n) is 2.55. The van der Waals surface area contributed by atoms with Crippen LogP contribution in [0, 0.1) is 6.92 Å². The lowest BCUT2D eigenvalue weighted by Gasteiger charge is -2.35. The van der Waals surface area contributed by atoms with Crippen LogP contribution in [0.1, 0.15) is 40.8 Å². The lowest BCUT2D eigenvalue weighted by molar-refractivity contribution is 0.0902. The number of H-pyrrole nitrogens is 1. The van der Waals surface area contributed by atoms with Gasteiger partial charge in [0.15, 0.2) is 0 Å². The molecular weight excluding hydrogens is 320 g/mol. The molecule has 0 saturated heterocycles. The molecule has 1 amide bonds. The van der Waals surface area contributed by atoms with Gasteiger partial charge in [-0.25, -0.2) is 15.0 Å². The molecular formula is C14H15ClN6O2. The number of rotatable bonds is 3. The number of nitrogens with one attached hydrogen (secondary N) is 2. The molecule has 2 heterocycles. The van der Waals surface area contributed by atoms with E-state index in [2.05, 4.69) is 25.3 Å². The summed E-state index contributed by atoms with van der Waals surface area (Å²) in [6.07, 6.45) is 2.78. The number of nitrogen functional groups attached to an aromatic ring is 1. The third kappa shape index (κ3) is 3.31. The van der Waals surface area contributed by atoms with Crippen molar-refractivity contribution in [3.63, 3.8) is 0 Å². The fraction of sp³-hybridized carbons (Fsp3) is 0.357. The zero-order valence-corrected chi connectivity index (χ0v) is 13.1. The van der Waals surface area contributed by atoms with Crippen molar-refractivity contribution >= 4 is 23.5 Å². The standard InChI is InChI=1S/C14H15ClN6O2/c1-6-17-5-9(15)12(18-6)13(23)19-8-2-7(3-8)10-4-11(22)21-14(16)20-10/h4-5,7-8H,2-3H2,1H3,(H,19,23)(H3,16,20,21,22). The summed E-state index contributed by atoms with van der Waals surface area (Å²) in [5.41, 5.74) is 6.07. The number of aromatic amines is 1. The number of anilines is 1. The number of hydrogen-bond acceptors (Lipinski definition) is 6. The van der Waals surface area contributed by atoms with E-state index in [1.165, 1.54) is 12.3 Å². The Labute approximate surface area is 136 Å². The second-order valence-corrected chi connectivity index (χ2v) is 5.92. The quantitative estimate of drug-likeness (QED) is 0.761. The third-order valence-corrected chi connectivity index (χ3v) is 4.03. The summed E-state index contributed by atoms with van der Waals surface area (Å²) in [5.74, 6) is 0.354. The van der Waals surface area contributed by atoms with Gasteiger partial charge in [0, 0.05) is 18.0 Å². The van der Waals surface area contributed by atoms with Gasteiger partial charge >= 0.3 is 0 Å². The van der Waals surface area contributed by atoms with Gasteiger partial charge in [0.1, 0.15) is 11.5 Å². The molecule has 1 saturated carbocycles. The molecule has 0 aromatic carbocycles. The lowest BCUT2D eigenvalue weighted by Crippen LogP contribution is -2.44. The van der Waals surface area contributed by atoms with Crippen LogP contribution in [0.2, 0.25) is 5.02 Å². The molecule has 8 nitrogen and oxygen atoms in total. The highest BCUT2D eigenvalue weighted by Gasteiger charge is 2.33. The molecule has 2 aromatic rings. The van der Waals surface area contributed by atoms with Crippen molar-refractivity contribution in [2.24, 2.45) is 0 Å². The predicted molar refractivity (Wildman–Crippen MR) is 84.3 cm³/mol. The van der Waals surface area contributed by atoms with Gasteiger partial charge in [-0.3, -0.25) is 14.6 Å². The van der Waals surface area contributed by atoms with Crippen molar-refractivity contribution < 1.29 is 4.79 Å². The van der Waals surface area contributed by atoms with Crippen molar-refractivity contribution in [2.75, 3.05) is 5.73 Å². The Hall–Kier alpha value is -2.48. The van der Waals surface area contributed by atoms with Gasteiger partial charge in [-0.2, -0.15) is 0 Å². The van der Waals surface area contributed by atoms with Gasteiger partial charge in [-0.15, -0.1) is 0 Å². The molecule has 4 N–H and O–H groups in total. The lowest BCUT2D eigenvalue weighted by atomic mass is 9.78. The molecule has 1 aliphatic rings. The third-order valence-electron chi connectivity index (χ3n) is 3.75. The van der Waals surface area contributed by atoms with E-state index in [4.69, 9.17) is 17.3 Å². The largest absolute Gasteiger partial charge is 0.369 e. The molecule has 1 aliphatic carbocycles. The molecule has 0 spiro atoms. The van der Waals surface area contributed by atoms with Crippen LogP contribution < -0.4 is 16.6 Å². The van der Waals surface area contributed by atoms with Gasteiger partial charge < -0.3 is 11.1 Å². The van der Waals surface area contributed by atoms with Gasteiger partial charge in [-0.1, -0.05) is 11.6 Å². The molecule has 23 heavy (non-hydrogen) atoms. The number of amides is 1. The Morgan fingerprint density at radius 2 is 2.17 bits per heavy atom. The first-order chi connectivity index (χ1) is 10.9. The van der Waals surface area contributed by atoms with Gasteiger partial charge in [0.2, 0.25) is 5.95 Å². The zero-order valence-electron chi connectivity index (χ0n) is 12.3. The van der Waals surface area contributed by atoms with E-state index in [1.807, 2.05) is 0 Å². The molecule has 0 aliphatic heterocycles. The van der Waals surface area contributed by atoms with Crippen molar-refractivity contribution in [2.45, 2.75) is 31.7 Å². The molecule has 0 radical (unpaired) electrons. The monoisotopic (exact) mass is 334 g/mol. The Morgan fingerprint density at radius 1 is 1.43 bits per heavy atom. The van der Waals surface area contributed by atoms with Crippen LogP contribution in [-0.2, 0) is 0 Å². The van der Waals surface area contributed by atoms with Gasteiger partial charge in [-0.05, 0) is 19.8 Å². The summed E-state index contributed by atoms with van der Waals surface area (Å²) in [6, 6.07) is 1.42. The molecule has 0 atom stereocenters. The summed E-state index contributed by atoms with van der Waals surface area (Å²) in [4.78, 5) is 38.1. The number of halogens is 1. The first kappa shape index (κ1) is 15.4. The van der Waals surface area contributed by atoms with Crippen LogP contribution in [0.4, 0.5) is 5.95 Å². The number of nitrogens with two attached hydrogens (primary N) is 1. The maximum Gasteiger partial charge on any atom is 0.271 e. The van der Waals surface area contributed by atoms with Crippen molar-refractivity contribution in [1.82, 2.24) is 25.3 Å². The maximum atomic E-state index is 12.2. The molecule has 0 unspecified atom stereocenters. The fourth-order valence-corrected chi connectivity index (χ4v) is 2.73. The number of aryl methyl sites for hydroxylation is 1. The number of hydrogen-bond donors (Lipinski definition) is 3. The Balaban J connectivity index is 1.63. The van der Waals surface area contributed by atoms with Crippen LogP contribution in [-0.4, -0.2) is 31.9 Å². The van der Waals surface area contributed by atoms with E-state index >= 15 is 0 Å². The van der Waals surface area contributed by atoms with Gasteiger partial charge in [0.05, 0.1) is 16.9 Å². The van der Waals surface area contributed by atoms with Crippen LogP contribution in [0.5, 0.6) is 0 Å². The second kappa shape index (κ2) is 5.96. The van der Waals surface area contributed by atoms with E-state index in [-0.39, 0.29) is 40.1 Å². The van der Waals surface area contributed by atoms with E-state index < -0.39 is 0 Å². The molecule has 120 valence electrons. The molecule has 3 rings (SSSR count). The maximum absolute atomic E-state index is 12.2. The van der Waals surface area contributed by atoms with E-state index in [0.29, 0.717) is 24.4 Å². The minimum atomic E-state index is -0.331. The molecule has 2 aromatic heterocycles. The van der Waals surface area contributed by atoms with Crippen molar-refractivity contribution in [3.05, 3.63) is 44.9 Å². The van der Waals surface area contributed by atoms with Crippen LogP contribution in [0.25, 0.3) is 0 Å². The summed E-state index contributed by atoms with van der Waals surface area (Å²) in [7, 11) is 0. The normalized spacial score (nSPS) is 19.9. The summed E-state index contributed by atoms with van der Waals surface area (Å²) >= 11 is 5.95. The van der Waals surface area contributed by atoms with E-state index in [9.17, 15) is 9.59 Å². The Morgan fingerprint density at radius 3 is 2.87 bits per heavy atom. The Kier molecular flexibility index (Phi) is 3.99. The molecule has 1 fully saturated rings. The average molecular weight is 335 g/mol. The zero-order chi connectivity index (χ0) is 16.6. The number of nitrogens with zero attached hydrogens (tertiary/aromatic N) is 3. The summed E-state index contributed by atoms with van der Waals surface area (Å²) in [6.45, 7) is 1.69. The SMILES string of the molecule is Cc1ncc(Cl)c(C(=O)NC2CC(c3cc(=O)[nH]c(N)n3)C2)n1. The second-order valence-electron chi connectivity index (χ2n) is 5.51. The highest BCUT2D eigenvalue weighted by Crippen LogP contribution is 2.35. The number of aromatic nitrogens is 4. The van der Waals surface area contributed by atoms with Crippen LogP contribution in [0.15, 0.2) is 17.1 Å². The first-order valence-corrected chi connectivity index (χ1v) is 7.47. The smallest absolute Gasteiger partial charge is 0.271 e. The molecule has 9 heteroatoms. The number of carbonyl (C=O) groups excluding carboxylic acids is 1. The minimum absolute atomic E-state index is 0.0128. The van der Waals surface area contributed by atoms with E-state index in [1.54, 1.807) is 6.92 Å². The van der Waals surface area contributed by atoms with Crippen molar-refractivity contribution in [3.8, 4) is 0 Å². The Bertz CT molecular complexity index is 815. The highest BCUT2D eigenvalue weighted by atomic mass is 35.5. The molecule has 0 bridgehead atoms. The van der Waals surface area contributed by atoms with Crippen LogP contribution >= 0.6 is 11.6 Å². The summed E-state index contributed by atoms with van der Waals surface area (Å²) in [5, 5.41) is 3.09. The number of carbonyl (C=O) groups is 1. The topological polar surface area (TPSA) is 127 Å². The average Bonchev–Trinajstić information content (AvgIpc) is 2.43. The van der Waals surface area contributed by atoms with Crippen molar-refractivity contribution in [1.29, 1.82) is 0 Å².